The van der Waals surface area contributed by atoms with Crippen molar-refractivity contribution in [1.82, 2.24) is 0 Å². The summed E-state index contributed by atoms with van der Waals surface area (Å²) in [6, 6.07) is 8.47. The summed E-state index contributed by atoms with van der Waals surface area (Å²) in [7, 11) is 0. The summed E-state index contributed by atoms with van der Waals surface area (Å²) in [5, 5.41) is 9.37. The maximum Gasteiger partial charge on any atom is 0.419 e. The van der Waals surface area contributed by atoms with Crippen LogP contribution in [0, 0.1) is 0 Å². The molecule has 3 N–H and O–H groups in total. The molecule has 2 aromatic rings. The van der Waals surface area contributed by atoms with Crippen molar-refractivity contribution in [2.45, 2.75) is 56.9 Å². The average molecular weight is 463 g/mol. The highest BCUT2D eigenvalue weighted by atomic mass is 19.4. The number of ether oxygens (including phenoxy) is 1. The predicted molar refractivity (Wildman–Crippen MR) is 109 cm³/mol. The topological polar surface area (TPSA) is 55.5 Å². The van der Waals surface area contributed by atoms with E-state index in [1.807, 2.05) is 0 Å². The van der Waals surface area contributed by atoms with Gasteiger partial charge in [0.15, 0.2) is 0 Å². The first kappa shape index (κ1) is 26.0. The first-order valence-corrected chi connectivity index (χ1v) is 10.3. The Morgan fingerprint density at radius 1 is 0.875 bits per heavy atom. The van der Waals surface area contributed by atoms with Crippen LogP contribution in [0.1, 0.15) is 48.4 Å². The Morgan fingerprint density at radius 2 is 1.50 bits per heavy atom. The van der Waals surface area contributed by atoms with Gasteiger partial charge in [0.05, 0.1) is 24.3 Å². The number of aliphatic hydroxyl groups excluding tert-OH is 1. The molecule has 0 aliphatic heterocycles. The van der Waals surface area contributed by atoms with Crippen molar-refractivity contribution in [3.8, 4) is 5.75 Å². The van der Waals surface area contributed by atoms with Gasteiger partial charge in [0.1, 0.15) is 5.75 Å². The van der Waals surface area contributed by atoms with Crippen LogP contribution < -0.4 is 10.5 Å². The van der Waals surface area contributed by atoms with Crippen LogP contribution in [0.3, 0.4) is 0 Å². The molecule has 9 heteroatoms. The second-order valence-electron chi connectivity index (χ2n) is 7.85. The van der Waals surface area contributed by atoms with Gasteiger partial charge in [-0.05, 0) is 67.5 Å². The highest BCUT2D eigenvalue weighted by Crippen LogP contribution is 2.37. The van der Waals surface area contributed by atoms with Gasteiger partial charge in [-0.3, -0.25) is 0 Å². The van der Waals surface area contributed by atoms with E-state index in [2.05, 4.69) is 0 Å². The lowest BCUT2D eigenvalue weighted by Crippen LogP contribution is -2.43. The maximum absolute atomic E-state index is 13.5. The Balaban J connectivity index is 1.98. The van der Waals surface area contributed by atoms with Crippen molar-refractivity contribution >= 4 is 0 Å². The third-order valence-electron chi connectivity index (χ3n) is 5.43. The van der Waals surface area contributed by atoms with Crippen molar-refractivity contribution in [3.05, 3.63) is 64.7 Å². The molecule has 32 heavy (non-hydrogen) atoms. The van der Waals surface area contributed by atoms with Gasteiger partial charge in [-0.15, -0.1) is 0 Å². The average Bonchev–Trinajstić information content (AvgIpc) is 2.74. The second kappa shape index (κ2) is 10.6. The molecule has 2 aromatic carbocycles. The van der Waals surface area contributed by atoms with Crippen molar-refractivity contribution in [2.24, 2.45) is 5.73 Å². The zero-order valence-corrected chi connectivity index (χ0v) is 17.7. The minimum atomic E-state index is -4.61. The van der Waals surface area contributed by atoms with Gasteiger partial charge in [0.2, 0.25) is 0 Å². The van der Waals surface area contributed by atoms with Crippen molar-refractivity contribution < 1.29 is 36.2 Å². The lowest BCUT2D eigenvalue weighted by atomic mass is 9.90. The molecule has 0 aromatic heterocycles. The van der Waals surface area contributed by atoms with Gasteiger partial charge in [-0.2, -0.15) is 26.3 Å². The molecule has 3 nitrogen and oxygen atoms in total. The van der Waals surface area contributed by atoms with Crippen molar-refractivity contribution in [2.75, 3.05) is 13.2 Å². The molecule has 0 bridgehead atoms. The second-order valence-corrected chi connectivity index (χ2v) is 7.85. The Morgan fingerprint density at radius 3 is 2.03 bits per heavy atom. The fraction of sp³-hybridized carbons (Fsp3) is 0.478. The van der Waals surface area contributed by atoms with Gasteiger partial charge >= 0.3 is 12.4 Å². The number of hydrogen-bond acceptors (Lipinski definition) is 3. The molecule has 0 amide bonds. The number of nitrogens with two attached hydrogens (primary N) is 1. The van der Waals surface area contributed by atoms with E-state index in [9.17, 15) is 31.4 Å². The molecule has 178 valence electrons. The van der Waals surface area contributed by atoms with Crippen molar-refractivity contribution in [1.29, 1.82) is 0 Å². The summed E-state index contributed by atoms with van der Waals surface area (Å²) in [6.45, 7) is 1.53. The van der Waals surface area contributed by atoms with E-state index in [1.54, 1.807) is 6.92 Å². The third kappa shape index (κ3) is 7.41. The predicted octanol–water partition coefficient (Wildman–Crippen LogP) is 5.77. The van der Waals surface area contributed by atoms with E-state index in [-0.39, 0.29) is 25.4 Å². The van der Waals surface area contributed by atoms with Crippen LogP contribution in [-0.2, 0) is 25.2 Å². The molecule has 0 saturated heterocycles. The molecule has 0 spiro atoms. The molecule has 0 aliphatic carbocycles. The number of rotatable bonds is 10. The van der Waals surface area contributed by atoms with E-state index in [0.29, 0.717) is 36.8 Å². The van der Waals surface area contributed by atoms with Gasteiger partial charge in [-0.25, -0.2) is 0 Å². The first-order valence-electron chi connectivity index (χ1n) is 10.3. The number of alkyl halides is 6. The van der Waals surface area contributed by atoms with E-state index >= 15 is 0 Å². The first-order chi connectivity index (χ1) is 14.9. The van der Waals surface area contributed by atoms with Crippen LogP contribution in [0.25, 0.3) is 0 Å². The lowest BCUT2D eigenvalue weighted by Gasteiger charge is -2.25. The molecule has 0 aliphatic rings. The molecule has 0 fully saturated rings. The quantitative estimate of drug-likeness (QED) is 0.348. The van der Waals surface area contributed by atoms with Crippen LogP contribution in [0.4, 0.5) is 26.3 Å². The van der Waals surface area contributed by atoms with E-state index in [0.717, 1.165) is 18.2 Å². The zero-order chi connectivity index (χ0) is 24.0. The fourth-order valence-corrected chi connectivity index (χ4v) is 3.16. The summed E-state index contributed by atoms with van der Waals surface area (Å²) >= 11 is 0. The fourth-order valence-electron chi connectivity index (χ4n) is 3.16. The summed E-state index contributed by atoms with van der Waals surface area (Å²) < 4.78 is 83.6. The Kier molecular flexibility index (Phi) is 8.59. The molecular weight excluding hydrogens is 436 g/mol. The van der Waals surface area contributed by atoms with Crippen LogP contribution in [0.5, 0.6) is 5.75 Å². The number of hydrogen-bond donors (Lipinski definition) is 2. The standard InChI is InChI=1S/C23H27F6NO2/c1-2-21(30,15-31)12-11-17-7-10-20(19(14-17)23(27,28)29)32-13-3-4-16-5-8-18(9-6-16)22(24,25)26/h5-10,14,31H,2-4,11-13,15,30H2,1H3/t21-/m1/s1. The van der Waals surface area contributed by atoms with Gasteiger partial charge < -0.3 is 15.6 Å². The Labute approximate surface area is 183 Å². The molecule has 2 rings (SSSR count). The zero-order valence-electron chi connectivity index (χ0n) is 17.7. The van der Waals surface area contributed by atoms with Crippen LogP contribution >= 0.6 is 0 Å². The van der Waals surface area contributed by atoms with Crippen molar-refractivity contribution in [3.63, 3.8) is 0 Å². The van der Waals surface area contributed by atoms with Gasteiger partial charge in [0.25, 0.3) is 0 Å². The summed E-state index contributed by atoms with van der Waals surface area (Å²) in [5.74, 6) is -0.301. The highest BCUT2D eigenvalue weighted by molar-refractivity contribution is 5.39. The van der Waals surface area contributed by atoms with E-state index in [4.69, 9.17) is 10.5 Å². The van der Waals surface area contributed by atoms with Gasteiger partial charge in [0, 0.05) is 5.54 Å². The number of aryl methyl sites for hydroxylation is 2. The Hall–Kier alpha value is -2.26. The molecule has 0 radical (unpaired) electrons. The summed E-state index contributed by atoms with van der Waals surface area (Å²) in [6.07, 6.45) is -7.20. The number of aliphatic hydroxyl groups is 1. The van der Waals surface area contributed by atoms with Crippen LogP contribution in [0.2, 0.25) is 0 Å². The summed E-state index contributed by atoms with van der Waals surface area (Å²) in [5.41, 5.74) is 4.59. The number of halogens is 6. The smallest absolute Gasteiger partial charge is 0.419 e. The molecule has 1 atom stereocenters. The minimum absolute atomic E-state index is 0.0181. The molecular formula is C23H27F6NO2. The minimum Gasteiger partial charge on any atom is -0.493 e. The van der Waals surface area contributed by atoms with E-state index in [1.165, 1.54) is 24.3 Å². The molecule has 0 saturated carbocycles. The SMILES string of the molecule is CC[C@](N)(CO)CCc1ccc(OCCCc2ccc(C(F)(F)F)cc2)c(C(F)(F)F)c1. The van der Waals surface area contributed by atoms with Gasteiger partial charge in [-0.1, -0.05) is 25.1 Å². The monoisotopic (exact) mass is 463 g/mol. The third-order valence-corrected chi connectivity index (χ3v) is 5.43. The normalized spacial score (nSPS) is 14.3. The van der Waals surface area contributed by atoms with Crippen LogP contribution in [-0.4, -0.2) is 23.9 Å². The molecule has 0 unspecified atom stereocenters. The number of benzene rings is 2. The maximum atomic E-state index is 13.5. The highest BCUT2D eigenvalue weighted by Gasteiger charge is 2.35. The lowest BCUT2D eigenvalue weighted by molar-refractivity contribution is -0.139. The van der Waals surface area contributed by atoms with E-state index < -0.39 is 29.0 Å². The molecule has 0 heterocycles. The Bertz CT molecular complexity index is 858. The largest absolute Gasteiger partial charge is 0.493 e. The van der Waals surface area contributed by atoms with Crippen LogP contribution in [0.15, 0.2) is 42.5 Å². The summed E-state index contributed by atoms with van der Waals surface area (Å²) in [4.78, 5) is 0.